The number of rotatable bonds is 0. The van der Waals surface area contributed by atoms with Gasteiger partial charge in [0.25, 0.3) is 5.91 Å². The maximum atomic E-state index is 12.0. The van der Waals surface area contributed by atoms with Gasteiger partial charge in [0.05, 0.1) is 6.20 Å². The minimum atomic E-state index is -0.172. The Labute approximate surface area is 138 Å². The van der Waals surface area contributed by atoms with Gasteiger partial charge < -0.3 is 16.0 Å². The van der Waals surface area contributed by atoms with E-state index in [1.54, 1.807) is 6.07 Å². The molecular weight excluding hydrogens is 318 g/mol. The lowest BCUT2D eigenvalue weighted by Crippen LogP contribution is -2.24. The van der Waals surface area contributed by atoms with Crippen LogP contribution < -0.4 is 16.0 Å². The largest absolute Gasteiger partial charge is 0.354 e. The molecule has 122 valence electrons. The molecule has 0 unspecified atom stereocenters. The monoisotopic (exact) mass is 335 g/mol. The summed E-state index contributed by atoms with van der Waals surface area (Å²) in [6.45, 7) is 1.45. The number of halogens is 1. The van der Waals surface area contributed by atoms with E-state index in [1.807, 2.05) is 0 Å². The molecule has 0 aromatic carbocycles. The van der Waals surface area contributed by atoms with Crippen molar-refractivity contribution < 1.29 is 4.79 Å². The van der Waals surface area contributed by atoms with Gasteiger partial charge >= 0.3 is 0 Å². The van der Waals surface area contributed by atoms with E-state index in [4.69, 9.17) is 11.6 Å². The van der Waals surface area contributed by atoms with Crippen molar-refractivity contribution in [3.63, 3.8) is 0 Å². The number of hydrogen-bond donors (Lipinski definition) is 4. The van der Waals surface area contributed by atoms with Gasteiger partial charge in [0, 0.05) is 19.2 Å². The second-order valence-corrected chi connectivity index (χ2v) is 5.69. The minimum absolute atomic E-state index is 0.172. The summed E-state index contributed by atoms with van der Waals surface area (Å²) in [4.78, 5) is 20.5. The Hall–Kier alpha value is -2.35. The Kier molecular flexibility index (Phi) is 4.92. The molecule has 9 heteroatoms. The Morgan fingerprint density at radius 2 is 1.87 bits per heavy atom. The maximum absolute atomic E-state index is 12.0. The van der Waals surface area contributed by atoms with Crippen LogP contribution in [0.4, 0.5) is 17.6 Å². The smallest absolute Gasteiger partial charge is 0.269 e. The molecule has 2 aromatic heterocycles. The number of carbonyl (C=O) groups excluding carboxylic acids is 1. The zero-order valence-electron chi connectivity index (χ0n) is 12.5. The van der Waals surface area contributed by atoms with Crippen molar-refractivity contribution in [1.29, 1.82) is 0 Å². The number of carbonyl (C=O) groups is 1. The zero-order valence-corrected chi connectivity index (χ0v) is 13.3. The number of hydrogen-bond acceptors (Lipinski definition) is 6. The Morgan fingerprint density at radius 3 is 2.70 bits per heavy atom. The molecule has 0 saturated carbocycles. The highest BCUT2D eigenvalue weighted by Crippen LogP contribution is 2.23. The predicted molar refractivity (Wildman–Crippen MR) is 88.2 cm³/mol. The number of amides is 1. The van der Waals surface area contributed by atoms with Gasteiger partial charge in [0.15, 0.2) is 11.6 Å². The number of aromatic nitrogens is 4. The average Bonchev–Trinajstić information content (AvgIpc) is 3.00. The topological polar surface area (TPSA) is 108 Å². The van der Waals surface area contributed by atoms with Crippen LogP contribution in [0, 0.1) is 0 Å². The molecule has 1 aliphatic rings. The van der Waals surface area contributed by atoms with Crippen LogP contribution in [0.25, 0.3) is 0 Å². The van der Waals surface area contributed by atoms with Gasteiger partial charge in [-0.1, -0.05) is 24.4 Å². The SMILES string of the molecule is O=C1NCCCCCCNc2ncc(Cl)c(n2)Nc2cc1[nH]n2. The fourth-order valence-corrected chi connectivity index (χ4v) is 2.40. The van der Waals surface area contributed by atoms with Crippen molar-refractivity contribution in [2.45, 2.75) is 25.7 Å². The summed E-state index contributed by atoms with van der Waals surface area (Å²) in [7, 11) is 0. The highest BCUT2D eigenvalue weighted by Gasteiger charge is 2.12. The van der Waals surface area contributed by atoms with E-state index in [9.17, 15) is 4.79 Å². The molecule has 3 heterocycles. The first kappa shape index (κ1) is 15.5. The van der Waals surface area contributed by atoms with Crippen LogP contribution >= 0.6 is 11.6 Å². The van der Waals surface area contributed by atoms with E-state index in [1.165, 1.54) is 6.20 Å². The molecule has 23 heavy (non-hydrogen) atoms. The molecule has 0 aliphatic carbocycles. The summed E-state index contributed by atoms with van der Waals surface area (Å²) in [6.07, 6.45) is 5.64. The van der Waals surface area contributed by atoms with E-state index in [-0.39, 0.29) is 5.91 Å². The number of nitrogens with zero attached hydrogens (tertiary/aromatic N) is 3. The van der Waals surface area contributed by atoms with Crippen molar-refractivity contribution in [1.82, 2.24) is 25.5 Å². The summed E-state index contributed by atoms with van der Waals surface area (Å²) in [5.74, 6) is 1.25. The molecule has 0 radical (unpaired) electrons. The van der Waals surface area contributed by atoms with Crippen LogP contribution in [-0.2, 0) is 0 Å². The lowest BCUT2D eigenvalue weighted by molar-refractivity contribution is 0.0948. The van der Waals surface area contributed by atoms with E-state index >= 15 is 0 Å². The van der Waals surface area contributed by atoms with Crippen LogP contribution in [0.5, 0.6) is 0 Å². The van der Waals surface area contributed by atoms with Gasteiger partial charge in [-0.05, 0) is 12.8 Å². The fourth-order valence-electron chi connectivity index (χ4n) is 2.26. The van der Waals surface area contributed by atoms with Crippen LogP contribution in [0.15, 0.2) is 12.3 Å². The van der Waals surface area contributed by atoms with Crippen LogP contribution in [-0.4, -0.2) is 39.2 Å². The lowest BCUT2D eigenvalue weighted by atomic mass is 10.2. The van der Waals surface area contributed by atoms with E-state index in [0.29, 0.717) is 34.8 Å². The average molecular weight is 336 g/mol. The van der Waals surface area contributed by atoms with Crippen molar-refractivity contribution in [2.24, 2.45) is 0 Å². The van der Waals surface area contributed by atoms with Gasteiger partial charge in [-0.15, -0.1) is 0 Å². The number of fused-ring (bicyclic) bond motifs is 4. The van der Waals surface area contributed by atoms with Crippen molar-refractivity contribution in [3.05, 3.63) is 23.0 Å². The second kappa shape index (κ2) is 7.28. The normalized spacial score (nSPS) is 16.1. The summed E-state index contributed by atoms with van der Waals surface area (Å²) in [6, 6.07) is 1.62. The Morgan fingerprint density at radius 1 is 1.09 bits per heavy atom. The highest BCUT2D eigenvalue weighted by molar-refractivity contribution is 6.32. The predicted octanol–water partition coefficient (Wildman–Crippen LogP) is 2.31. The molecule has 4 bridgehead atoms. The molecule has 3 rings (SSSR count). The first-order valence-corrected chi connectivity index (χ1v) is 7.97. The van der Waals surface area contributed by atoms with Crippen LogP contribution in [0.2, 0.25) is 5.02 Å². The molecule has 2 aromatic rings. The molecule has 0 saturated heterocycles. The zero-order chi connectivity index (χ0) is 16.1. The van der Waals surface area contributed by atoms with Gasteiger partial charge in [0.1, 0.15) is 10.7 Å². The van der Waals surface area contributed by atoms with E-state index in [2.05, 4.69) is 36.1 Å². The number of anilines is 3. The van der Waals surface area contributed by atoms with Crippen molar-refractivity contribution in [2.75, 3.05) is 23.7 Å². The number of nitrogens with one attached hydrogen (secondary N) is 4. The molecule has 0 spiro atoms. The Balaban J connectivity index is 1.83. The highest BCUT2D eigenvalue weighted by atomic mass is 35.5. The standard InChI is InChI=1S/C14H18ClN7O/c15-9-8-18-14-17-6-4-2-1-3-5-16-13(23)10-7-11(22-21-10)19-12(9)20-14/h7-8H,1-6H2,(H,16,23)(H3,17,18,19,20,21,22). The van der Waals surface area contributed by atoms with Crippen molar-refractivity contribution >= 4 is 35.1 Å². The van der Waals surface area contributed by atoms with Gasteiger partial charge in [-0.25, -0.2) is 4.98 Å². The molecule has 0 fully saturated rings. The summed E-state index contributed by atoms with van der Waals surface area (Å²) in [5.41, 5.74) is 0.392. The van der Waals surface area contributed by atoms with Crippen LogP contribution in [0.1, 0.15) is 36.2 Å². The summed E-state index contributed by atoms with van der Waals surface area (Å²) in [5, 5.41) is 16.2. The second-order valence-electron chi connectivity index (χ2n) is 5.28. The first-order chi connectivity index (χ1) is 11.2. The minimum Gasteiger partial charge on any atom is -0.354 e. The molecule has 0 atom stereocenters. The molecule has 1 aliphatic heterocycles. The summed E-state index contributed by atoms with van der Waals surface area (Å²) >= 11 is 6.10. The van der Waals surface area contributed by atoms with Gasteiger partial charge in [-0.3, -0.25) is 9.89 Å². The summed E-state index contributed by atoms with van der Waals surface area (Å²) < 4.78 is 0. The number of aromatic amines is 1. The van der Waals surface area contributed by atoms with Crippen LogP contribution in [0.3, 0.4) is 0 Å². The third-order valence-corrected chi connectivity index (χ3v) is 3.76. The van der Waals surface area contributed by atoms with Gasteiger partial charge in [-0.2, -0.15) is 10.1 Å². The lowest BCUT2D eigenvalue weighted by Gasteiger charge is -2.09. The van der Waals surface area contributed by atoms with E-state index in [0.717, 1.165) is 32.2 Å². The molecule has 4 N–H and O–H groups in total. The molecule has 8 nitrogen and oxygen atoms in total. The fraction of sp³-hybridized carbons (Fsp3) is 0.429. The molecule has 1 amide bonds. The third-order valence-electron chi connectivity index (χ3n) is 3.49. The van der Waals surface area contributed by atoms with Crippen molar-refractivity contribution in [3.8, 4) is 0 Å². The van der Waals surface area contributed by atoms with Gasteiger partial charge in [0.2, 0.25) is 5.95 Å². The quantitative estimate of drug-likeness (QED) is 0.588. The Bertz CT molecular complexity index is 688. The first-order valence-electron chi connectivity index (χ1n) is 7.59. The maximum Gasteiger partial charge on any atom is 0.269 e. The molecular formula is C14H18ClN7O. The number of H-pyrrole nitrogens is 1. The van der Waals surface area contributed by atoms with E-state index < -0.39 is 0 Å². The third kappa shape index (κ3) is 4.10.